The Morgan fingerprint density at radius 1 is 0.941 bits per heavy atom. The van der Waals surface area contributed by atoms with Gasteiger partial charge < -0.3 is 0 Å². The van der Waals surface area contributed by atoms with Gasteiger partial charge in [0.05, 0.1) is 11.4 Å². The van der Waals surface area contributed by atoms with Crippen molar-refractivity contribution in [3.05, 3.63) is 45.9 Å². The maximum atomic E-state index is 6.17. The van der Waals surface area contributed by atoms with E-state index in [9.17, 15) is 0 Å². The predicted molar refractivity (Wildman–Crippen MR) is 71.4 cm³/mol. The SMILES string of the molecule is Cc1ccc(-c2nc(C)c(C)nc2Cl)c(C)c1. The lowest BCUT2D eigenvalue weighted by molar-refractivity contribution is 1.05. The lowest BCUT2D eigenvalue weighted by Crippen LogP contribution is -1.97. The molecule has 2 aromatic rings. The van der Waals surface area contributed by atoms with E-state index in [4.69, 9.17) is 11.6 Å². The van der Waals surface area contributed by atoms with E-state index >= 15 is 0 Å². The average Bonchev–Trinajstić information content (AvgIpc) is 2.24. The van der Waals surface area contributed by atoms with Crippen molar-refractivity contribution < 1.29 is 0 Å². The van der Waals surface area contributed by atoms with E-state index in [0.717, 1.165) is 22.6 Å². The van der Waals surface area contributed by atoms with Gasteiger partial charge in [-0.2, -0.15) is 0 Å². The van der Waals surface area contributed by atoms with Gasteiger partial charge in [-0.15, -0.1) is 0 Å². The quantitative estimate of drug-likeness (QED) is 0.759. The fraction of sp³-hybridized carbons (Fsp3) is 0.286. The Bertz CT molecular complexity index is 577. The van der Waals surface area contributed by atoms with Gasteiger partial charge >= 0.3 is 0 Å². The third-order valence-corrected chi connectivity index (χ3v) is 3.16. The van der Waals surface area contributed by atoms with Gasteiger partial charge in [0, 0.05) is 5.56 Å². The monoisotopic (exact) mass is 246 g/mol. The summed E-state index contributed by atoms with van der Waals surface area (Å²) in [6, 6.07) is 6.24. The molecule has 2 nitrogen and oxygen atoms in total. The van der Waals surface area contributed by atoms with Gasteiger partial charge in [-0.1, -0.05) is 35.4 Å². The van der Waals surface area contributed by atoms with Crippen molar-refractivity contribution in [2.24, 2.45) is 0 Å². The molecule has 0 spiro atoms. The summed E-state index contributed by atoms with van der Waals surface area (Å²) in [5.74, 6) is 0. The third-order valence-electron chi connectivity index (χ3n) is 2.90. The first kappa shape index (κ1) is 12.1. The maximum Gasteiger partial charge on any atom is 0.155 e. The molecule has 3 heteroatoms. The highest BCUT2D eigenvalue weighted by molar-refractivity contribution is 6.31. The van der Waals surface area contributed by atoms with E-state index in [1.165, 1.54) is 11.1 Å². The Kier molecular flexibility index (Phi) is 3.16. The fourth-order valence-electron chi connectivity index (χ4n) is 1.83. The van der Waals surface area contributed by atoms with Crippen LogP contribution in [0.15, 0.2) is 18.2 Å². The van der Waals surface area contributed by atoms with Gasteiger partial charge in [0.1, 0.15) is 5.69 Å². The number of nitrogens with zero attached hydrogens (tertiary/aromatic N) is 2. The summed E-state index contributed by atoms with van der Waals surface area (Å²) in [5, 5.41) is 0.472. The molecule has 1 aromatic heterocycles. The molecule has 0 saturated carbocycles. The minimum absolute atomic E-state index is 0.472. The summed E-state index contributed by atoms with van der Waals surface area (Å²) < 4.78 is 0. The van der Waals surface area contributed by atoms with Crippen LogP contribution in [0.3, 0.4) is 0 Å². The molecule has 0 atom stereocenters. The smallest absolute Gasteiger partial charge is 0.155 e. The molecule has 0 fully saturated rings. The predicted octanol–water partition coefficient (Wildman–Crippen LogP) is 4.03. The lowest BCUT2D eigenvalue weighted by Gasteiger charge is -2.09. The first-order valence-electron chi connectivity index (χ1n) is 5.57. The summed E-state index contributed by atoms with van der Waals surface area (Å²) in [7, 11) is 0. The molecular formula is C14H15ClN2. The van der Waals surface area contributed by atoms with Crippen LogP contribution in [0.2, 0.25) is 5.15 Å². The molecule has 0 radical (unpaired) electrons. The minimum Gasteiger partial charge on any atom is -0.248 e. The number of hydrogen-bond acceptors (Lipinski definition) is 2. The molecule has 1 aromatic carbocycles. The zero-order valence-electron chi connectivity index (χ0n) is 10.5. The van der Waals surface area contributed by atoms with Crippen molar-refractivity contribution in [3.8, 4) is 11.3 Å². The first-order chi connectivity index (χ1) is 7.99. The molecule has 0 aliphatic rings. The van der Waals surface area contributed by atoms with Gasteiger partial charge in [0.25, 0.3) is 0 Å². The van der Waals surface area contributed by atoms with E-state index in [2.05, 4.69) is 42.0 Å². The van der Waals surface area contributed by atoms with Crippen LogP contribution in [0.5, 0.6) is 0 Å². The summed E-state index contributed by atoms with van der Waals surface area (Å²) >= 11 is 6.17. The molecule has 0 aliphatic heterocycles. The zero-order valence-corrected chi connectivity index (χ0v) is 11.3. The van der Waals surface area contributed by atoms with E-state index in [1.807, 2.05) is 13.8 Å². The van der Waals surface area contributed by atoms with Crippen molar-refractivity contribution in [2.45, 2.75) is 27.7 Å². The number of hydrogen-bond donors (Lipinski definition) is 0. The average molecular weight is 247 g/mol. The van der Waals surface area contributed by atoms with Gasteiger partial charge in [-0.25, -0.2) is 9.97 Å². The summed E-state index contributed by atoms with van der Waals surface area (Å²) in [4.78, 5) is 8.85. The van der Waals surface area contributed by atoms with E-state index in [-0.39, 0.29) is 0 Å². The van der Waals surface area contributed by atoms with Crippen molar-refractivity contribution in [1.82, 2.24) is 9.97 Å². The van der Waals surface area contributed by atoms with Crippen molar-refractivity contribution in [1.29, 1.82) is 0 Å². The number of rotatable bonds is 1. The second kappa shape index (κ2) is 4.46. The van der Waals surface area contributed by atoms with Crippen LogP contribution in [0, 0.1) is 27.7 Å². The van der Waals surface area contributed by atoms with E-state index in [1.54, 1.807) is 0 Å². The topological polar surface area (TPSA) is 25.8 Å². The van der Waals surface area contributed by atoms with Crippen LogP contribution in [0.1, 0.15) is 22.5 Å². The van der Waals surface area contributed by atoms with Crippen LogP contribution in [0.4, 0.5) is 0 Å². The highest BCUT2D eigenvalue weighted by atomic mass is 35.5. The summed E-state index contributed by atoms with van der Waals surface area (Å²) in [5.41, 5.74) is 6.03. The van der Waals surface area contributed by atoms with Crippen LogP contribution in [-0.4, -0.2) is 9.97 Å². The van der Waals surface area contributed by atoms with Crippen LogP contribution in [0.25, 0.3) is 11.3 Å². The Hall–Kier alpha value is -1.41. The highest BCUT2D eigenvalue weighted by Crippen LogP contribution is 2.28. The van der Waals surface area contributed by atoms with Crippen LogP contribution >= 0.6 is 11.6 Å². The lowest BCUT2D eigenvalue weighted by atomic mass is 10.0. The summed E-state index contributed by atoms with van der Waals surface area (Å²) in [6.07, 6.45) is 0. The number of aryl methyl sites for hydroxylation is 4. The molecule has 0 amide bonds. The Morgan fingerprint density at radius 3 is 2.24 bits per heavy atom. The Balaban J connectivity index is 2.64. The van der Waals surface area contributed by atoms with Gasteiger partial charge in [-0.05, 0) is 33.3 Å². The second-order valence-electron chi connectivity index (χ2n) is 4.35. The molecule has 0 N–H and O–H groups in total. The van der Waals surface area contributed by atoms with E-state index in [0.29, 0.717) is 5.15 Å². The number of aromatic nitrogens is 2. The van der Waals surface area contributed by atoms with Crippen molar-refractivity contribution >= 4 is 11.6 Å². The molecule has 17 heavy (non-hydrogen) atoms. The zero-order chi connectivity index (χ0) is 12.6. The van der Waals surface area contributed by atoms with Crippen molar-refractivity contribution in [3.63, 3.8) is 0 Å². The highest BCUT2D eigenvalue weighted by Gasteiger charge is 2.11. The first-order valence-corrected chi connectivity index (χ1v) is 5.95. The Labute approximate surface area is 107 Å². The standard InChI is InChI=1S/C14H15ClN2/c1-8-5-6-12(9(2)7-8)13-14(15)17-11(4)10(3)16-13/h5-7H,1-4H3. The third kappa shape index (κ3) is 2.32. The molecule has 2 rings (SSSR count). The Morgan fingerprint density at radius 2 is 1.59 bits per heavy atom. The van der Waals surface area contributed by atoms with Crippen LogP contribution < -0.4 is 0 Å². The minimum atomic E-state index is 0.472. The van der Waals surface area contributed by atoms with Crippen molar-refractivity contribution in [2.75, 3.05) is 0 Å². The molecule has 0 saturated heterocycles. The number of benzene rings is 1. The van der Waals surface area contributed by atoms with Gasteiger partial charge in [0.15, 0.2) is 5.15 Å². The largest absolute Gasteiger partial charge is 0.248 e. The second-order valence-corrected chi connectivity index (χ2v) is 4.71. The number of halogens is 1. The molecule has 88 valence electrons. The van der Waals surface area contributed by atoms with E-state index < -0.39 is 0 Å². The summed E-state index contributed by atoms with van der Waals surface area (Å²) in [6.45, 7) is 8.01. The molecular weight excluding hydrogens is 232 g/mol. The van der Waals surface area contributed by atoms with Crippen LogP contribution in [-0.2, 0) is 0 Å². The fourth-order valence-corrected chi connectivity index (χ4v) is 2.10. The molecule has 1 heterocycles. The van der Waals surface area contributed by atoms with Gasteiger partial charge in [-0.3, -0.25) is 0 Å². The van der Waals surface area contributed by atoms with Gasteiger partial charge in [0.2, 0.25) is 0 Å². The normalized spacial score (nSPS) is 10.6. The molecule has 0 unspecified atom stereocenters. The molecule has 0 bridgehead atoms. The molecule has 0 aliphatic carbocycles. The maximum absolute atomic E-state index is 6.17.